The van der Waals surface area contributed by atoms with Crippen molar-refractivity contribution in [2.75, 3.05) is 23.3 Å². The van der Waals surface area contributed by atoms with Crippen molar-refractivity contribution in [1.82, 2.24) is 4.98 Å². The molecule has 2 rings (SSSR count). The van der Waals surface area contributed by atoms with Gasteiger partial charge in [-0.2, -0.15) is 0 Å². The Bertz CT molecular complexity index is 475. The summed E-state index contributed by atoms with van der Waals surface area (Å²) in [7, 11) is 0. The predicted octanol–water partition coefficient (Wildman–Crippen LogP) is 3.54. The van der Waals surface area contributed by atoms with E-state index in [1.807, 2.05) is 24.5 Å². The van der Waals surface area contributed by atoms with E-state index in [4.69, 9.17) is 0 Å². The topological polar surface area (TPSA) is 28.2 Å². The van der Waals surface area contributed by atoms with Gasteiger partial charge >= 0.3 is 0 Å². The number of rotatable bonds is 6. The van der Waals surface area contributed by atoms with E-state index in [2.05, 4.69) is 53.3 Å². The molecule has 0 fully saturated rings. The third kappa shape index (κ3) is 3.71. The lowest BCUT2D eigenvalue weighted by Gasteiger charge is -2.21. The lowest BCUT2D eigenvalue weighted by atomic mass is 10.2. The van der Waals surface area contributed by atoms with Crippen LogP contribution in [-0.4, -0.2) is 18.1 Å². The molecule has 3 nitrogen and oxygen atoms in total. The molecule has 0 bridgehead atoms. The van der Waals surface area contributed by atoms with Gasteiger partial charge in [-0.25, -0.2) is 0 Å². The Morgan fingerprint density at radius 1 is 0.947 bits per heavy atom. The molecule has 1 aromatic heterocycles. The third-order valence-electron chi connectivity index (χ3n) is 3.24. The predicted molar refractivity (Wildman–Crippen MR) is 81.6 cm³/mol. The zero-order chi connectivity index (χ0) is 13.5. The van der Waals surface area contributed by atoms with E-state index >= 15 is 0 Å². The van der Waals surface area contributed by atoms with Crippen LogP contribution < -0.4 is 10.2 Å². The summed E-state index contributed by atoms with van der Waals surface area (Å²) in [5, 5.41) is 3.42. The molecule has 0 aliphatic rings. The van der Waals surface area contributed by atoms with Gasteiger partial charge in [0.15, 0.2) is 0 Å². The van der Waals surface area contributed by atoms with E-state index in [9.17, 15) is 0 Å². The summed E-state index contributed by atoms with van der Waals surface area (Å²) in [6.45, 7) is 7.27. The van der Waals surface area contributed by atoms with Crippen molar-refractivity contribution in [3.8, 4) is 0 Å². The maximum Gasteiger partial charge on any atom is 0.0401 e. The SMILES string of the molecule is CCN(CC)c1ccc(NCc2ccncc2)cc1. The van der Waals surface area contributed by atoms with Gasteiger partial charge in [0.2, 0.25) is 0 Å². The minimum absolute atomic E-state index is 0.827. The highest BCUT2D eigenvalue weighted by atomic mass is 15.1. The van der Waals surface area contributed by atoms with Crippen LogP contribution in [0.2, 0.25) is 0 Å². The second-order valence-electron chi connectivity index (χ2n) is 4.43. The standard InChI is InChI=1S/C16H21N3/c1-3-19(4-2)16-7-5-15(6-8-16)18-13-14-9-11-17-12-10-14/h5-12,18H,3-4,13H2,1-2H3. The Morgan fingerprint density at radius 2 is 1.58 bits per heavy atom. The van der Waals surface area contributed by atoms with Crippen LogP contribution in [0.15, 0.2) is 48.8 Å². The molecule has 0 radical (unpaired) electrons. The van der Waals surface area contributed by atoms with Gasteiger partial charge in [0.05, 0.1) is 0 Å². The molecule has 3 heteroatoms. The molecule has 2 aromatic rings. The monoisotopic (exact) mass is 255 g/mol. The maximum absolute atomic E-state index is 4.02. The molecule has 0 amide bonds. The van der Waals surface area contributed by atoms with E-state index in [0.717, 1.165) is 25.3 Å². The van der Waals surface area contributed by atoms with Gasteiger partial charge in [0.25, 0.3) is 0 Å². The summed E-state index contributed by atoms with van der Waals surface area (Å²) in [6.07, 6.45) is 3.64. The fourth-order valence-electron chi connectivity index (χ4n) is 2.08. The molecule has 0 aliphatic carbocycles. The second kappa shape index (κ2) is 6.78. The average molecular weight is 255 g/mol. The Labute approximate surface area is 115 Å². The number of hydrogen-bond acceptors (Lipinski definition) is 3. The van der Waals surface area contributed by atoms with Crippen LogP contribution in [0.25, 0.3) is 0 Å². The summed E-state index contributed by atoms with van der Waals surface area (Å²) in [4.78, 5) is 6.36. The number of hydrogen-bond donors (Lipinski definition) is 1. The van der Waals surface area contributed by atoms with Gasteiger partial charge < -0.3 is 10.2 Å². The molecule has 0 atom stereocenters. The maximum atomic E-state index is 4.02. The highest BCUT2D eigenvalue weighted by molar-refractivity contribution is 5.55. The van der Waals surface area contributed by atoms with E-state index in [1.165, 1.54) is 11.3 Å². The van der Waals surface area contributed by atoms with Crippen molar-refractivity contribution in [3.05, 3.63) is 54.4 Å². The van der Waals surface area contributed by atoms with Gasteiger partial charge in [-0.05, 0) is 55.8 Å². The van der Waals surface area contributed by atoms with Crippen molar-refractivity contribution in [3.63, 3.8) is 0 Å². The average Bonchev–Trinajstić information content (AvgIpc) is 2.49. The van der Waals surface area contributed by atoms with Gasteiger partial charge in [0.1, 0.15) is 0 Å². The second-order valence-corrected chi connectivity index (χ2v) is 4.43. The zero-order valence-corrected chi connectivity index (χ0v) is 11.6. The number of pyridine rings is 1. The smallest absolute Gasteiger partial charge is 0.0401 e. The van der Waals surface area contributed by atoms with Gasteiger partial charge in [0, 0.05) is 43.4 Å². The van der Waals surface area contributed by atoms with Crippen molar-refractivity contribution < 1.29 is 0 Å². The number of nitrogens with zero attached hydrogens (tertiary/aromatic N) is 2. The van der Waals surface area contributed by atoms with Crippen LogP contribution in [0, 0.1) is 0 Å². The number of nitrogens with one attached hydrogen (secondary N) is 1. The molecule has 0 saturated heterocycles. The van der Waals surface area contributed by atoms with Gasteiger partial charge in [-0.15, -0.1) is 0 Å². The van der Waals surface area contributed by atoms with Crippen LogP contribution in [0.1, 0.15) is 19.4 Å². The Balaban J connectivity index is 1.95. The van der Waals surface area contributed by atoms with E-state index < -0.39 is 0 Å². The normalized spacial score (nSPS) is 10.2. The quantitative estimate of drug-likeness (QED) is 0.855. The molecular weight excluding hydrogens is 234 g/mol. The molecule has 0 aliphatic heterocycles. The molecule has 1 N–H and O–H groups in total. The number of benzene rings is 1. The number of anilines is 2. The minimum Gasteiger partial charge on any atom is -0.381 e. The number of aromatic nitrogens is 1. The Kier molecular flexibility index (Phi) is 4.78. The highest BCUT2D eigenvalue weighted by Gasteiger charge is 2.01. The molecule has 0 saturated carbocycles. The Morgan fingerprint density at radius 3 is 2.16 bits per heavy atom. The summed E-state index contributed by atoms with van der Waals surface area (Å²) < 4.78 is 0. The van der Waals surface area contributed by atoms with Crippen molar-refractivity contribution in [2.24, 2.45) is 0 Å². The van der Waals surface area contributed by atoms with Crippen LogP contribution in [0.5, 0.6) is 0 Å². The third-order valence-corrected chi connectivity index (χ3v) is 3.24. The molecule has 0 unspecified atom stereocenters. The largest absolute Gasteiger partial charge is 0.381 e. The van der Waals surface area contributed by atoms with Crippen LogP contribution in [0.4, 0.5) is 11.4 Å². The van der Waals surface area contributed by atoms with Crippen molar-refractivity contribution in [1.29, 1.82) is 0 Å². The minimum atomic E-state index is 0.827. The molecule has 1 heterocycles. The lowest BCUT2D eigenvalue weighted by Crippen LogP contribution is -2.21. The molecular formula is C16H21N3. The van der Waals surface area contributed by atoms with Crippen LogP contribution in [-0.2, 0) is 6.54 Å². The molecule has 19 heavy (non-hydrogen) atoms. The first-order chi connectivity index (χ1) is 9.33. The van der Waals surface area contributed by atoms with Crippen LogP contribution >= 0.6 is 0 Å². The van der Waals surface area contributed by atoms with E-state index in [1.54, 1.807) is 0 Å². The summed E-state index contributed by atoms with van der Waals surface area (Å²) in [5.74, 6) is 0. The van der Waals surface area contributed by atoms with Gasteiger partial charge in [-0.1, -0.05) is 0 Å². The fourth-order valence-corrected chi connectivity index (χ4v) is 2.08. The zero-order valence-electron chi connectivity index (χ0n) is 11.6. The fraction of sp³-hybridized carbons (Fsp3) is 0.312. The lowest BCUT2D eigenvalue weighted by molar-refractivity contribution is 0.866. The first-order valence-corrected chi connectivity index (χ1v) is 6.81. The van der Waals surface area contributed by atoms with Crippen molar-refractivity contribution >= 4 is 11.4 Å². The van der Waals surface area contributed by atoms with E-state index in [-0.39, 0.29) is 0 Å². The summed E-state index contributed by atoms with van der Waals surface area (Å²) in [5.41, 5.74) is 3.66. The Hall–Kier alpha value is -2.03. The first kappa shape index (κ1) is 13.4. The summed E-state index contributed by atoms with van der Waals surface area (Å²) >= 11 is 0. The molecule has 1 aromatic carbocycles. The molecule has 100 valence electrons. The summed E-state index contributed by atoms with van der Waals surface area (Å²) in [6, 6.07) is 12.7. The van der Waals surface area contributed by atoms with E-state index in [0.29, 0.717) is 0 Å². The van der Waals surface area contributed by atoms with Crippen LogP contribution in [0.3, 0.4) is 0 Å². The van der Waals surface area contributed by atoms with Crippen molar-refractivity contribution in [2.45, 2.75) is 20.4 Å². The first-order valence-electron chi connectivity index (χ1n) is 6.81. The van der Waals surface area contributed by atoms with Gasteiger partial charge in [-0.3, -0.25) is 4.98 Å². The molecule has 0 spiro atoms. The highest BCUT2D eigenvalue weighted by Crippen LogP contribution is 2.18.